The minimum atomic E-state index is -1.08. The Labute approximate surface area is 198 Å². The first kappa shape index (κ1) is 26.8. The fourth-order valence-electron chi connectivity index (χ4n) is 3.21. The van der Waals surface area contributed by atoms with Crippen LogP contribution in [0.3, 0.4) is 0 Å². The van der Waals surface area contributed by atoms with Crippen molar-refractivity contribution in [1.29, 1.82) is 0 Å². The first-order chi connectivity index (χ1) is 16.0. The van der Waals surface area contributed by atoms with Gasteiger partial charge in [0.2, 0.25) is 5.91 Å². The van der Waals surface area contributed by atoms with Gasteiger partial charge >= 0.3 is 12.0 Å². The highest BCUT2D eigenvalue weighted by Crippen LogP contribution is 2.22. The lowest BCUT2D eigenvalue weighted by atomic mass is 9.88. The topological polar surface area (TPSA) is 96.5 Å². The van der Waals surface area contributed by atoms with Gasteiger partial charge in [-0.25, -0.2) is 18.4 Å². The number of methoxy groups -OCH3 is 1. The number of anilines is 1. The van der Waals surface area contributed by atoms with Gasteiger partial charge in [-0.2, -0.15) is 0 Å². The van der Waals surface area contributed by atoms with Gasteiger partial charge in [-0.15, -0.1) is 0 Å². The van der Waals surface area contributed by atoms with Crippen LogP contribution in [-0.4, -0.2) is 37.1 Å². The molecule has 3 amide bonds. The number of esters is 1. The number of nitrogens with one attached hydrogen (secondary N) is 3. The van der Waals surface area contributed by atoms with Crippen molar-refractivity contribution in [2.24, 2.45) is 5.41 Å². The number of hydrogen-bond donors (Lipinski definition) is 3. The predicted molar refractivity (Wildman–Crippen MR) is 125 cm³/mol. The molecule has 2 aromatic rings. The van der Waals surface area contributed by atoms with E-state index in [4.69, 9.17) is 4.74 Å². The van der Waals surface area contributed by atoms with Gasteiger partial charge in [-0.1, -0.05) is 51.1 Å². The predicted octanol–water partition coefficient (Wildman–Crippen LogP) is 4.18. The summed E-state index contributed by atoms with van der Waals surface area (Å²) in [6.45, 7) is 6.05. The van der Waals surface area contributed by atoms with Gasteiger partial charge < -0.3 is 20.7 Å². The SMILES string of the molecule is COC(=O)C(CCC(C)(C)C)NC(=O)C(Cc1ccccc1)NC(=O)Nc1ccc(F)cc1F. The fraction of sp³-hybridized carbons (Fsp3) is 0.400. The number of benzene rings is 2. The molecule has 3 N–H and O–H groups in total. The summed E-state index contributed by atoms with van der Waals surface area (Å²) in [5.74, 6) is -2.92. The van der Waals surface area contributed by atoms with E-state index < -0.39 is 41.6 Å². The lowest BCUT2D eigenvalue weighted by Crippen LogP contribution is -2.53. The largest absolute Gasteiger partial charge is 0.467 e. The number of carbonyl (C=O) groups excluding carboxylic acids is 3. The Balaban J connectivity index is 2.18. The molecular weight excluding hydrogens is 444 g/mol. The van der Waals surface area contributed by atoms with E-state index >= 15 is 0 Å². The van der Waals surface area contributed by atoms with Crippen molar-refractivity contribution in [3.05, 3.63) is 65.7 Å². The number of carbonyl (C=O) groups is 3. The fourth-order valence-corrected chi connectivity index (χ4v) is 3.21. The van der Waals surface area contributed by atoms with Crippen molar-refractivity contribution < 1.29 is 27.9 Å². The van der Waals surface area contributed by atoms with E-state index in [1.54, 1.807) is 24.3 Å². The summed E-state index contributed by atoms with van der Waals surface area (Å²) >= 11 is 0. The maximum absolute atomic E-state index is 13.9. The summed E-state index contributed by atoms with van der Waals surface area (Å²) in [5, 5.41) is 7.46. The first-order valence-corrected chi connectivity index (χ1v) is 10.9. The minimum absolute atomic E-state index is 0.0716. The summed E-state index contributed by atoms with van der Waals surface area (Å²) in [7, 11) is 1.24. The van der Waals surface area contributed by atoms with Crippen molar-refractivity contribution in [3.8, 4) is 0 Å². The summed E-state index contributed by atoms with van der Waals surface area (Å²) in [5.41, 5.74) is 0.452. The monoisotopic (exact) mass is 475 g/mol. The molecular formula is C25H31F2N3O4. The highest BCUT2D eigenvalue weighted by atomic mass is 19.1. The molecule has 0 aliphatic carbocycles. The lowest BCUT2D eigenvalue weighted by Gasteiger charge is -2.25. The van der Waals surface area contributed by atoms with Crippen LogP contribution in [0.4, 0.5) is 19.3 Å². The molecule has 0 aliphatic heterocycles. The van der Waals surface area contributed by atoms with Crippen LogP contribution >= 0.6 is 0 Å². The normalized spacial score (nSPS) is 12.9. The molecule has 0 aromatic heterocycles. The number of ether oxygens (including phenoxy) is 1. The van der Waals surface area contributed by atoms with Crippen LogP contribution in [0.1, 0.15) is 39.2 Å². The molecule has 7 nitrogen and oxygen atoms in total. The van der Waals surface area contributed by atoms with Gasteiger partial charge in [0.15, 0.2) is 0 Å². The maximum Gasteiger partial charge on any atom is 0.328 e. The van der Waals surface area contributed by atoms with Gasteiger partial charge in [0.05, 0.1) is 12.8 Å². The zero-order valence-electron chi connectivity index (χ0n) is 19.8. The van der Waals surface area contributed by atoms with Crippen LogP contribution in [-0.2, 0) is 20.7 Å². The molecule has 2 unspecified atom stereocenters. The average Bonchev–Trinajstić information content (AvgIpc) is 2.77. The van der Waals surface area contributed by atoms with Crippen molar-refractivity contribution in [1.82, 2.24) is 10.6 Å². The van der Waals surface area contributed by atoms with Gasteiger partial charge in [0, 0.05) is 12.5 Å². The van der Waals surface area contributed by atoms with E-state index in [2.05, 4.69) is 16.0 Å². The van der Waals surface area contributed by atoms with Crippen LogP contribution < -0.4 is 16.0 Å². The average molecular weight is 476 g/mol. The number of rotatable bonds is 9. The van der Waals surface area contributed by atoms with Crippen LogP contribution in [0.25, 0.3) is 0 Å². The van der Waals surface area contributed by atoms with E-state index in [-0.39, 0.29) is 17.5 Å². The molecule has 0 heterocycles. The number of hydrogen-bond acceptors (Lipinski definition) is 4. The van der Waals surface area contributed by atoms with Gasteiger partial charge in [-0.3, -0.25) is 4.79 Å². The van der Waals surface area contributed by atoms with E-state index in [9.17, 15) is 23.2 Å². The second-order valence-electron chi connectivity index (χ2n) is 9.15. The van der Waals surface area contributed by atoms with Crippen LogP contribution in [0.2, 0.25) is 0 Å². The third kappa shape index (κ3) is 8.80. The molecule has 34 heavy (non-hydrogen) atoms. The highest BCUT2D eigenvalue weighted by molar-refractivity contribution is 5.95. The van der Waals surface area contributed by atoms with Gasteiger partial charge in [0.1, 0.15) is 23.7 Å². The molecule has 0 saturated carbocycles. The molecule has 184 valence electrons. The van der Waals surface area contributed by atoms with Crippen LogP contribution in [0.5, 0.6) is 0 Å². The molecule has 0 bridgehead atoms. The Hall–Kier alpha value is -3.49. The number of halogens is 2. The first-order valence-electron chi connectivity index (χ1n) is 10.9. The Morgan fingerprint density at radius 1 is 0.971 bits per heavy atom. The number of amides is 3. The molecule has 0 spiro atoms. The van der Waals surface area contributed by atoms with E-state index in [1.807, 2.05) is 26.8 Å². The van der Waals surface area contributed by atoms with Crippen molar-refractivity contribution in [3.63, 3.8) is 0 Å². The Kier molecular flexibility index (Phi) is 9.53. The zero-order chi connectivity index (χ0) is 25.3. The van der Waals surface area contributed by atoms with Gasteiger partial charge in [0.25, 0.3) is 0 Å². The molecule has 2 atom stereocenters. The lowest BCUT2D eigenvalue weighted by molar-refractivity contribution is -0.145. The molecule has 2 aromatic carbocycles. The Morgan fingerprint density at radius 2 is 1.65 bits per heavy atom. The molecule has 9 heteroatoms. The van der Waals surface area contributed by atoms with E-state index in [1.165, 1.54) is 7.11 Å². The highest BCUT2D eigenvalue weighted by Gasteiger charge is 2.29. The Morgan fingerprint density at radius 3 is 2.24 bits per heavy atom. The van der Waals surface area contributed by atoms with Gasteiger partial charge in [-0.05, 0) is 36.0 Å². The zero-order valence-corrected chi connectivity index (χ0v) is 19.8. The smallest absolute Gasteiger partial charge is 0.328 e. The van der Waals surface area contributed by atoms with Crippen LogP contribution in [0.15, 0.2) is 48.5 Å². The quantitative estimate of drug-likeness (QED) is 0.474. The summed E-state index contributed by atoms with van der Waals surface area (Å²) in [6, 6.07) is 8.87. The summed E-state index contributed by atoms with van der Waals surface area (Å²) in [4.78, 5) is 37.9. The van der Waals surface area contributed by atoms with Crippen molar-refractivity contribution in [2.75, 3.05) is 12.4 Å². The molecule has 0 saturated heterocycles. The summed E-state index contributed by atoms with van der Waals surface area (Å²) in [6.07, 6.45) is 1.13. The second-order valence-corrected chi connectivity index (χ2v) is 9.15. The van der Waals surface area contributed by atoms with E-state index in [0.29, 0.717) is 18.9 Å². The molecule has 2 rings (SSSR count). The Bertz CT molecular complexity index is 993. The molecule has 0 aliphatic rings. The minimum Gasteiger partial charge on any atom is -0.467 e. The van der Waals surface area contributed by atoms with E-state index in [0.717, 1.165) is 17.7 Å². The van der Waals surface area contributed by atoms with Crippen molar-refractivity contribution >= 4 is 23.6 Å². The van der Waals surface area contributed by atoms with Crippen LogP contribution in [0, 0.1) is 17.0 Å². The summed E-state index contributed by atoms with van der Waals surface area (Å²) < 4.78 is 31.9. The second kappa shape index (κ2) is 12.1. The third-order valence-electron chi connectivity index (χ3n) is 5.07. The molecule has 0 radical (unpaired) electrons. The number of urea groups is 1. The standard InChI is InChI=1S/C25H31F2N3O4/c1-25(2,3)13-12-20(23(32)34-4)28-22(31)21(14-16-8-6-5-7-9-16)30-24(33)29-19-11-10-17(26)15-18(19)27/h5-11,15,20-21H,12-14H2,1-4H3,(H,28,31)(H2,29,30,33). The van der Waals surface area contributed by atoms with Crippen molar-refractivity contribution in [2.45, 2.75) is 52.1 Å². The molecule has 0 fully saturated rings. The third-order valence-corrected chi connectivity index (χ3v) is 5.07. The maximum atomic E-state index is 13.9.